The summed E-state index contributed by atoms with van der Waals surface area (Å²) < 4.78 is 4.84. The molecule has 1 amide bonds. The summed E-state index contributed by atoms with van der Waals surface area (Å²) >= 11 is 0. The van der Waals surface area contributed by atoms with Gasteiger partial charge in [-0.2, -0.15) is 0 Å². The molecule has 0 aliphatic carbocycles. The van der Waals surface area contributed by atoms with Crippen LogP contribution >= 0.6 is 0 Å². The Morgan fingerprint density at radius 1 is 1.67 bits per heavy atom. The van der Waals surface area contributed by atoms with E-state index in [2.05, 4.69) is 10.5 Å². The number of hydrogen-bond acceptors (Lipinski definition) is 4. The van der Waals surface area contributed by atoms with Gasteiger partial charge in [0.2, 0.25) is 5.91 Å². The van der Waals surface area contributed by atoms with Crippen molar-refractivity contribution in [3.05, 3.63) is 18.0 Å². The van der Waals surface area contributed by atoms with E-state index in [4.69, 9.17) is 10.3 Å². The summed E-state index contributed by atoms with van der Waals surface area (Å²) in [7, 11) is 0. The van der Waals surface area contributed by atoms with Crippen LogP contribution in [0.4, 0.5) is 0 Å². The largest absolute Gasteiger partial charge is 0.360 e. The van der Waals surface area contributed by atoms with E-state index in [9.17, 15) is 4.79 Å². The molecule has 3 N–H and O–H groups in total. The first-order valence-corrected chi connectivity index (χ1v) is 4.92. The lowest BCUT2D eigenvalue weighted by Gasteiger charge is -2.17. The highest BCUT2D eigenvalue weighted by Gasteiger charge is 2.13. The van der Waals surface area contributed by atoms with Gasteiger partial charge in [0.15, 0.2) is 5.76 Å². The molecule has 0 unspecified atom stereocenters. The molecule has 0 atom stereocenters. The van der Waals surface area contributed by atoms with E-state index in [1.54, 1.807) is 12.3 Å². The third-order valence-electron chi connectivity index (χ3n) is 1.95. The lowest BCUT2D eigenvalue weighted by Crippen LogP contribution is -2.34. The van der Waals surface area contributed by atoms with E-state index in [1.807, 2.05) is 13.8 Å². The second-order valence-electron chi connectivity index (χ2n) is 4.24. The molecule has 1 heterocycles. The number of carbonyl (C=O) groups is 1. The summed E-state index contributed by atoms with van der Waals surface area (Å²) in [6.07, 6.45) is 2.64. The molecule has 1 aromatic rings. The first-order valence-electron chi connectivity index (χ1n) is 4.92. The standard InChI is InChI=1S/C10H17N3O2/c1-10(2,11)5-3-9(14)12-7-8-4-6-13-15-8/h4,6H,3,5,7,11H2,1-2H3,(H,12,14). The van der Waals surface area contributed by atoms with E-state index in [0.29, 0.717) is 25.1 Å². The Bertz CT molecular complexity index is 301. The molecule has 0 saturated carbocycles. The van der Waals surface area contributed by atoms with Gasteiger partial charge in [-0.25, -0.2) is 0 Å². The predicted molar refractivity (Wildman–Crippen MR) is 55.9 cm³/mol. The summed E-state index contributed by atoms with van der Waals surface area (Å²) in [6, 6.07) is 1.72. The topological polar surface area (TPSA) is 81.2 Å². The van der Waals surface area contributed by atoms with Crippen molar-refractivity contribution in [3.63, 3.8) is 0 Å². The number of nitrogens with two attached hydrogens (primary N) is 1. The van der Waals surface area contributed by atoms with Crippen LogP contribution in [-0.2, 0) is 11.3 Å². The molecule has 0 spiro atoms. The first kappa shape index (κ1) is 11.7. The Morgan fingerprint density at radius 3 is 2.93 bits per heavy atom. The smallest absolute Gasteiger partial charge is 0.220 e. The highest BCUT2D eigenvalue weighted by molar-refractivity contribution is 5.75. The second-order valence-corrected chi connectivity index (χ2v) is 4.24. The molecule has 0 aliphatic heterocycles. The number of aromatic nitrogens is 1. The van der Waals surface area contributed by atoms with E-state index >= 15 is 0 Å². The van der Waals surface area contributed by atoms with Crippen molar-refractivity contribution in [1.29, 1.82) is 0 Å². The SMILES string of the molecule is CC(C)(N)CCC(=O)NCc1ccno1. The Balaban J connectivity index is 2.20. The number of hydrogen-bond donors (Lipinski definition) is 2. The molecular weight excluding hydrogens is 194 g/mol. The quantitative estimate of drug-likeness (QED) is 0.755. The molecule has 0 aliphatic rings. The molecule has 1 rings (SSSR count). The van der Waals surface area contributed by atoms with Gasteiger partial charge in [0.1, 0.15) is 0 Å². The number of carbonyl (C=O) groups excluding carboxylic acids is 1. The number of nitrogens with zero attached hydrogens (tertiary/aromatic N) is 1. The number of nitrogens with one attached hydrogen (secondary N) is 1. The molecule has 0 aromatic carbocycles. The van der Waals surface area contributed by atoms with Crippen molar-refractivity contribution in [1.82, 2.24) is 10.5 Å². The lowest BCUT2D eigenvalue weighted by molar-refractivity contribution is -0.121. The lowest BCUT2D eigenvalue weighted by atomic mass is 10.00. The third-order valence-corrected chi connectivity index (χ3v) is 1.95. The maximum absolute atomic E-state index is 11.4. The van der Waals surface area contributed by atoms with Gasteiger partial charge in [-0.1, -0.05) is 5.16 Å². The van der Waals surface area contributed by atoms with Crippen LogP contribution in [0, 0.1) is 0 Å². The van der Waals surface area contributed by atoms with Crippen LogP contribution in [0.5, 0.6) is 0 Å². The van der Waals surface area contributed by atoms with E-state index in [-0.39, 0.29) is 11.4 Å². The van der Waals surface area contributed by atoms with Crippen molar-refractivity contribution in [3.8, 4) is 0 Å². The van der Waals surface area contributed by atoms with Gasteiger partial charge in [0.25, 0.3) is 0 Å². The van der Waals surface area contributed by atoms with Crippen LogP contribution in [0.1, 0.15) is 32.4 Å². The van der Waals surface area contributed by atoms with Crippen LogP contribution in [0.25, 0.3) is 0 Å². The monoisotopic (exact) mass is 211 g/mol. The molecule has 84 valence electrons. The fraction of sp³-hybridized carbons (Fsp3) is 0.600. The van der Waals surface area contributed by atoms with Crippen LogP contribution in [-0.4, -0.2) is 16.6 Å². The molecule has 5 nitrogen and oxygen atoms in total. The maximum Gasteiger partial charge on any atom is 0.220 e. The normalized spacial score (nSPS) is 11.4. The zero-order chi connectivity index (χ0) is 11.3. The average molecular weight is 211 g/mol. The number of amides is 1. The van der Waals surface area contributed by atoms with Crippen molar-refractivity contribution in [2.75, 3.05) is 0 Å². The molecule has 15 heavy (non-hydrogen) atoms. The Morgan fingerprint density at radius 2 is 2.40 bits per heavy atom. The van der Waals surface area contributed by atoms with Gasteiger partial charge in [0, 0.05) is 18.0 Å². The van der Waals surface area contributed by atoms with Gasteiger partial charge < -0.3 is 15.6 Å². The van der Waals surface area contributed by atoms with Crippen molar-refractivity contribution >= 4 is 5.91 Å². The summed E-state index contributed by atoms with van der Waals surface area (Å²) in [5, 5.41) is 6.27. The predicted octanol–water partition coefficient (Wildman–Crippen LogP) is 0.808. The van der Waals surface area contributed by atoms with Gasteiger partial charge in [0.05, 0.1) is 12.7 Å². The van der Waals surface area contributed by atoms with E-state index < -0.39 is 0 Å². The maximum atomic E-state index is 11.4. The summed E-state index contributed by atoms with van der Waals surface area (Å²) in [5.74, 6) is 0.625. The van der Waals surface area contributed by atoms with E-state index in [1.165, 1.54) is 0 Å². The van der Waals surface area contributed by atoms with Crippen molar-refractivity contribution in [2.24, 2.45) is 5.73 Å². The Hall–Kier alpha value is -1.36. The highest BCUT2D eigenvalue weighted by atomic mass is 16.5. The molecule has 0 radical (unpaired) electrons. The highest BCUT2D eigenvalue weighted by Crippen LogP contribution is 2.06. The van der Waals surface area contributed by atoms with Crippen molar-refractivity contribution < 1.29 is 9.32 Å². The van der Waals surface area contributed by atoms with Crippen LogP contribution in [0.2, 0.25) is 0 Å². The van der Waals surface area contributed by atoms with Gasteiger partial charge in [-0.3, -0.25) is 4.79 Å². The van der Waals surface area contributed by atoms with Crippen LogP contribution in [0.3, 0.4) is 0 Å². The number of rotatable bonds is 5. The van der Waals surface area contributed by atoms with Gasteiger partial charge >= 0.3 is 0 Å². The fourth-order valence-corrected chi connectivity index (χ4v) is 1.04. The van der Waals surface area contributed by atoms with Crippen molar-refractivity contribution in [2.45, 2.75) is 38.8 Å². The first-order chi connectivity index (χ1) is 6.97. The minimum atomic E-state index is -0.302. The average Bonchev–Trinajstić information content (AvgIpc) is 2.62. The Kier molecular flexibility index (Phi) is 3.85. The fourth-order valence-electron chi connectivity index (χ4n) is 1.04. The molecule has 1 aromatic heterocycles. The van der Waals surface area contributed by atoms with E-state index in [0.717, 1.165) is 0 Å². The summed E-state index contributed by atoms with van der Waals surface area (Å²) in [6.45, 7) is 4.18. The third kappa shape index (κ3) is 5.17. The summed E-state index contributed by atoms with van der Waals surface area (Å²) in [5.41, 5.74) is 5.46. The molecule has 0 saturated heterocycles. The Labute approximate surface area is 89.0 Å². The summed E-state index contributed by atoms with van der Waals surface area (Å²) in [4.78, 5) is 11.4. The zero-order valence-corrected chi connectivity index (χ0v) is 9.12. The van der Waals surface area contributed by atoms with Crippen LogP contribution in [0.15, 0.2) is 16.8 Å². The van der Waals surface area contributed by atoms with Crippen LogP contribution < -0.4 is 11.1 Å². The molecular formula is C10H17N3O2. The minimum Gasteiger partial charge on any atom is -0.360 e. The van der Waals surface area contributed by atoms with Gasteiger partial charge in [-0.15, -0.1) is 0 Å². The molecule has 0 bridgehead atoms. The second kappa shape index (κ2) is 4.93. The zero-order valence-electron chi connectivity index (χ0n) is 9.12. The van der Waals surface area contributed by atoms with Gasteiger partial charge in [-0.05, 0) is 20.3 Å². The molecule has 5 heteroatoms. The molecule has 0 fully saturated rings. The minimum absolute atomic E-state index is 0.0232.